The molecule has 2 aliphatic rings. The Kier molecular flexibility index (Phi) is 7.12. The van der Waals surface area contributed by atoms with Crippen molar-refractivity contribution >= 4 is 17.9 Å². The van der Waals surface area contributed by atoms with Gasteiger partial charge in [0.05, 0.1) is 5.92 Å². The van der Waals surface area contributed by atoms with E-state index in [1.807, 2.05) is 39.5 Å². The molecule has 7 heteroatoms. The summed E-state index contributed by atoms with van der Waals surface area (Å²) in [4.78, 5) is 40.9. The zero-order valence-corrected chi connectivity index (χ0v) is 17.4. The summed E-state index contributed by atoms with van der Waals surface area (Å²) in [5.41, 5.74) is -0.535. The minimum atomic E-state index is -0.535. The van der Waals surface area contributed by atoms with E-state index in [9.17, 15) is 14.4 Å². The predicted molar refractivity (Wildman–Crippen MR) is 103 cm³/mol. The average Bonchev–Trinajstić information content (AvgIpc) is 2.59. The Balaban J connectivity index is 1.85. The lowest BCUT2D eigenvalue weighted by molar-refractivity contribution is -0.140. The summed E-state index contributed by atoms with van der Waals surface area (Å²) in [5, 5.41) is 2.96. The van der Waals surface area contributed by atoms with Crippen LogP contribution in [0, 0.1) is 11.8 Å². The number of likely N-dealkylation sites (tertiary alicyclic amines) is 2. The Morgan fingerprint density at radius 1 is 0.963 bits per heavy atom. The molecule has 0 spiro atoms. The minimum absolute atomic E-state index is 0.0129. The number of carbonyl (C=O) groups is 3. The molecule has 2 saturated heterocycles. The van der Waals surface area contributed by atoms with Gasteiger partial charge in [0.2, 0.25) is 11.8 Å². The van der Waals surface area contributed by atoms with Crippen LogP contribution in [0.2, 0.25) is 0 Å². The first-order valence-corrected chi connectivity index (χ1v) is 10.1. The smallest absolute Gasteiger partial charge is 0.410 e. The molecule has 1 N–H and O–H groups in total. The number of nitrogens with zero attached hydrogens (tertiary/aromatic N) is 2. The van der Waals surface area contributed by atoms with Crippen LogP contribution in [-0.4, -0.2) is 65.5 Å². The number of rotatable bonds is 3. The van der Waals surface area contributed by atoms with Crippen LogP contribution < -0.4 is 5.32 Å². The molecule has 0 radical (unpaired) electrons. The van der Waals surface area contributed by atoms with Gasteiger partial charge in [0.25, 0.3) is 0 Å². The van der Waals surface area contributed by atoms with Crippen LogP contribution in [0.4, 0.5) is 4.79 Å². The quantitative estimate of drug-likeness (QED) is 0.814. The highest BCUT2D eigenvalue weighted by Gasteiger charge is 2.35. The van der Waals surface area contributed by atoms with Crippen molar-refractivity contribution in [1.29, 1.82) is 0 Å². The van der Waals surface area contributed by atoms with E-state index in [2.05, 4.69) is 5.32 Å². The van der Waals surface area contributed by atoms with Crippen molar-refractivity contribution in [3.8, 4) is 0 Å². The van der Waals surface area contributed by atoms with Crippen LogP contribution >= 0.6 is 0 Å². The standard InChI is InChI=1S/C20H35N3O4/c1-14(2)21-17(24)15-8-11-22(12-9-15)18(25)16-7-6-10-23(13-16)19(26)27-20(3,4)5/h14-16H,6-13H2,1-5H3,(H,21,24). The monoisotopic (exact) mass is 381 g/mol. The largest absolute Gasteiger partial charge is 0.444 e. The number of nitrogens with one attached hydrogen (secondary N) is 1. The highest BCUT2D eigenvalue weighted by molar-refractivity contribution is 5.82. The molecule has 7 nitrogen and oxygen atoms in total. The van der Waals surface area contributed by atoms with Crippen molar-refractivity contribution in [3.63, 3.8) is 0 Å². The first-order chi connectivity index (χ1) is 12.6. The van der Waals surface area contributed by atoms with Gasteiger partial charge in [0.1, 0.15) is 5.60 Å². The zero-order valence-electron chi connectivity index (χ0n) is 17.4. The Labute approximate surface area is 162 Å². The highest BCUT2D eigenvalue weighted by atomic mass is 16.6. The van der Waals surface area contributed by atoms with Gasteiger partial charge in [-0.2, -0.15) is 0 Å². The third kappa shape index (κ3) is 6.40. The Morgan fingerprint density at radius 2 is 1.59 bits per heavy atom. The van der Waals surface area contributed by atoms with Crippen molar-refractivity contribution in [2.45, 2.75) is 71.9 Å². The SMILES string of the molecule is CC(C)NC(=O)C1CCN(C(=O)C2CCCN(C(=O)OC(C)(C)C)C2)CC1. The first kappa shape index (κ1) is 21.5. The second kappa shape index (κ2) is 8.93. The number of ether oxygens (including phenoxy) is 1. The van der Waals surface area contributed by atoms with Gasteiger partial charge < -0.3 is 19.9 Å². The lowest BCUT2D eigenvalue weighted by Gasteiger charge is -2.38. The van der Waals surface area contributed by atoms with Crippen molar-refractivity contribution in [2.75, 3.05) is 26.2 Å². The molecule has 2 rings (SSSR count). The summed E-state index contributed by atoms with van der Waals surface area (Å²) < 4.78 is 5.44. The van der Waals surface area contributed by atoms with Crippen molar-refractivity contribution < 1.29 is 19.1 Å². The number of amides is 3. The molecule has 0 aromatic rings. The third-order valence-corrected chi connectivity index (χ3v) is 5.03. The van der Waals surface area contributed by atoms with Crippen molar-refractivity contribution in [2.24, 2.45) is 11.8 Å². The fourth-order valence-corrected chi connectivity index (χ4v) is 3.69. The number of piperidine rings is 2. The summed E-state index contributed by atoms with van der Waals surface area (Å²) in [6, 6.07) is 0.137. The van der Waals surface area contributed by atoms with E-state index in [0.29, 0.717) is 39.0 Å². The van der Waals surface area contributed by atoms with Gasteiger partial charge >= 0.3 is 6.09 Å². The van der Waals surface area contributed by atoms with E-state index < -0.39 is 5.60 Å². The maximum atomic E-state index is 12.9. The Bertz CT molecular complexity index is 548. The lowest BCUT2D eigenvalue weighted by atomic mass is 9.92. The van der Waals surface area contributed by atoms with Crippen LogP contribution in [0.1, 0.15) is 60.3 Å². The summed E-state index contributed by atoms with van der Waals surface area (Å²) in [6.45, 7) is 11.7. The van der Waals surface area contributed by atoms with Gasteiger partial charge in [-0.3, -0.25) is 9.59 Å². The molecule has 0 saturated carbocycles. The van der Waals surface area contributed by atoms with Gasteiger partial charge in [-0.25, -0.2) is 4.79 Å². The molecule has 27 heavy (non-hydrogen) atoms. The summed E-state index contributed by atoms with van der Waals surface area (Å²) >= 11 is 0. The lowest BCUT2D eigenvalue weighted by Crippen LogP contribution is -2.50. The molecule has 1 unspecified atom stereocenters. The summed E-state index contributed by atoms with van der Waals surface area (Å²) in [7, 11) is 0. The van der Waals surface area contributed by atoms with Gasteiger partial charge in [-0.1, -0.05) is 0 Å². The molecule has 2 aliphatic heterocycles. The van der Waals surface area contributed by atoms with Crippen LogP contribution in [-0.2, 0) is 14.3 Å². The van der Waals surface area contributed by atoms with E-state index in [1.165, 1.54) is 0 Å². The number of hydrogen-bond acceptors (Lipinski definition) is 4. The molecular weight excluding hydrogens is 346 g/mol. The number of carbonyl (C=O) groups excluding carboxylic acids is 3. The topological polar surface area (TPSA) is 79.0 Å². The van der Waals surface area contributed by atoms with E-state index >= 15 is 0 Å². The van der Waals surface area contributed by atoms with Crippen LogP contribution in [0.3, 0.4) is 0 Å². The maximum absolute atomic E-state index is 12.9. The van der Waals surface area contributed by atoms with Crippen molar-refractivity contribution in [1.82, 2.24) is 15.1 Å². The highest BCUT2D eigenvalue weighted by Crippen LogP contribution is 2.24. The Morgan fingerprint density at radius 3 is 2.15 bits per heavy atom. The van der Waals surface area contributed by atoms with E-state index in [4.69, 9.17) is 4.74 Å². The maximum Gasteiger partial charge on any atom is 0.410 e. The van der Waals surface area contributed by atoms with E-state index in [1.54, 1.807) is 4.90 Å². The fourth-order valence-electron chi connectivity index (χ4n) is 3.69. The zero-order chi connectivity index (χ0) is 20.2. The molecule has 0 bridgehead atoms. The molecule has 0 aromatic heterocycles. The minimum Gasteiger partial charge on any atom is -0.444 e. The molecule has 0 aromatic carbocycles. The average molecular weight is 382 g/mol. The molecule has 154 valence electrons. The van der Waals surface area contributed by atoms with Crippen LogP contribution in [0.5, 0.6) is 0 Å². The van der Waals surface area contributed by atoms with Crippen molar-refractivity contribution in [3.05, 3.63) is 0 Å². The normalized spacial score (nSPS) is 21.9. The molecular formula is C20H35N3O4. The van der Waals surface area contributed by atoms with Crippen LogP contribution in [0.15, 0.2) is 0 Å². The molecule has 1 atom stereocenters. The first-order valence-electron chi connectivity index (χ1n) is 10.1. The third-order valence-electron chi connectivity index (χ3n) is 5.03. The van der Waals surface area contributed by atoms with Gasteiger partial charge in [0.15, 0.2) is 0 Å². The Hall–Kier alpha value is -1.79. The molecule has 0 aliphatic carbocycles. The molecule has 3 amide bonds. The summed E-state index contributed by atoms with van der Waals surface area (Å²) in [5.74, 6) is 0.00483. The van der Waals surface area contributed by atoms with E-state index in [0.717, 1.165) is 12.8 Å². The number of hydrogen-bond donors (Lipinski definition) is 1. The molecule has 2 heterocycles. The fraction of sp³-hybridized carbons (Fsp3) is 0.850. The van der Waals surface area contributed by atoms with Gasteiger partial charge in [-0.05, 0) is 60.3 Å². The molecule has 2 fully saturated rings. The predicted octanol–water partition coefficient (Wildman–Crippen LogP) is 2.40. The van der Waals surface area contributed by atoms with Gasteiger partial charge in [0, 0.05) is 38.1 Å². The van der Waals surface area contributed by atoms with Crippen LogP contribution in [0.25, 0.3) is 0 Å². The summed E-state index contributed by atoms with van der Waals surface area (Å²) in [6.07, 6.45) is 2.66. The second-order valence-corrected chi connectivity index (χ2v) is 9.03. The second-order valence-electron chi connectivity index (χ2n) is 9.03. The van der Waals surface area contributed by atoms with E-state index in [-0.39, 0.29) is 35.8 Å². The van der Waals surface area contributed by atoms with Gasteiger partial charge in [-0.15, -0.1) is 0 Å².